The number of hydrogen-bond acceptors (Lipinski definition) is 3. The predicted octanol–water partition coefficient (Wildman–Crippen LogP) is 1.75. The van der Waals surface area contributed by atoms with Crippen molar-refractivity contribution in [3.05, 3.63) is 57.4 Å². The summed E-state index contributed by atoms with van der Waals surface area (Å²) in [5, 5.41) is 2.13. The molecule has 1 aromatic heterocycles. The Bertz CT molecular complexity index is 743. The molecule has 2 aromatic rings. The molecule has 0 radical (unpaired) electrons. The van der Waals surface area contributed by atoms with Crippen LogP contribution in [0.5, 0.6) is 0 Å². The van der Waals surface area contributed by atoms with Gasteiger partial charge in [-0.05, 0) is 19.1 Å². The zero-order valence-corrected chi connectivity index (χ0v) is 10.1. The van der Waals surface area contributed by atoms with E-state index in [1.807, 2.05) is 0 Å². The van der Waals surface area contributed by atoms with Crippen molar-refractivity contribution in [2.24, 2.45) is 0 Å². The van der Waals surface area contributed by atoms with Crippen molar-refractivity contribution < 1.29 is 18.0 Å². The normalized spacial score (nSPS) is 10.4. The second-order valence-electron chi connectivity index (χ2n) is 3.89. The fourth-order valence-corrected chi connectivity index (χ4v) is 1.53. The maximum atomic E-state index is 13.4. The number of hydrogen-bond donors (Lipinski definition) is 2. The molecule has 5 nitrogen and oxygen atoms in total. The molecule has 0 saturated heterocycles. The third-order valence-corrected chi connectivity index (χ3v) is 2.38. The average Bonchev–Trinajstić information content (AvgIpc) is 2.34. The fraction of sp³-hybridized carbons (Fsp3) is 0.0833. The Morgan fingerprint density at radius 1 is 1.25 bits per heavy atom. The molecule has 2 N–H and O–H groups in total. The Labute approximate surface area is 110 Å². The van der Waals surface area contributed by atoms with E-state index in [1.165, 1.54) is 6.92 Å². The van der Waals surface area contributed by atoms with Crippen LogP contribution in [0, 0.1) is 24.4 Å². The summed E-state index contributed by atoms with van der Waals surface area (Å²) in [6.45, 7) is 1.48. The standard InChI is InChI=1S/C12H8F3N3O2/c1-5-16-8(4-9(19)17-5)18-12(20)6-2-3-7(13)11(15)10(6)14/h2-4H,1H3,(H2,16,17,18,19,20). The number of aryl methyl sites for hydroxylation is 1. The van der Waals surface area contributed by atoms with Gasteiger partial charge in [0.05, 0.1) is 5.56 Å². The van der Waals surface area contributed by atoms with E-state index in [0.717, 1.165) is 12.1 Å². The predicted molar refractivity (Wildman–Crippen MR) is 63.9 cm³/mol. The Hall–Kier alpha value is -2.64. The fourth-order valence-electron chi connectivity index (χ4n) is 1.53. The number of carbonyl (C=O) groups is 1. The van der Waals surface area contributed by atoms with Gasteiger partial charge in [0, 0.05) is 6.07 Å². The highest BCUT2D eigenvalue weighted by molar-refractivity contribution is 6.03. The number of amides is 1. The first kappa shape index (κ1) is 13.8. The minimum absolute atomic E-state index is 0.125. The molecule has 104 valence electrons. The van der Waals surface area contributed by atoms with E-state index >= 15 is 0 Å². The molecule has 0 spiro atoms. The number of nitrogens with one attached hydrogen (secondary N) is 2. The molecule has 1 aromatic carbocycles. The molecule has 20 heavy (non-hydrogen) atoms. The molecule has 0 unspecified atom stereocenters. The lowest BCUT2D eigenvalue weighted by Gasteiger charge is -2.06. The van der Waals surface area contributed by atoms with E-state index < -0.39 is 34.5 Å². The van der Waals surface area contributed by atoms with Gasteiger partial charge in [-0.25, -0.2) is 18.2 Å². The van der Waals surface area contributed by atoms with Gasteiger partial charge < -0.3 is 10.3 Å². The van der Waals surface area contributed by atoms with Gasteiger partial charge in [0.2, 0.25) is 0 Å². The topological polar surface area (TPSA) is 74.8 Å². The van der Waals surface area contributed by atoms with Gasteiger partial charge in [-0.3, -0.25) is 9.59 Å². The molecule has 1 amide bonds. The largest absolute Gasteiger partial charge is 0.311 e. The van der Waals surface area contributed by atoms with E-state index in [9.17, 15) is 22.8 Å². The number of halogens is 3. The number of anilines is 1. The second-order valence-corrected chi connectivity index (χ2v) is 3.89. The van der Waals surface area contributed by atoms with Gasteiger partial charge in [0.1, 0.15) is 11.6 Å². The number of rotatable bonds is 2. The van der Waals surface area contributed by atoms with E-state index in [4.69, 9.17) is 0 Å². The molecule has 0 atom stereocenters. The number of benzene rings is 1. The van der Waals surface area contributed by atoms with Crippen LogP contribution in [0.15, 0.2) is 23.0 Å². The summed E-state index contributed by atoms with van der Waals surface area (Å²) in [5.41, 5.74) is -1.21. The summed E-state index contributed by atoms with van der Waals surface area (Å²) in [5.74, 6) is -5.68. The molecule has 0 fully saturated rings. The van der Waals surface area contributed by atoms with Crippen LogP contribution in [0.1, 0.15) is 16.2 Å². The van der Waals surface area contributed by atoms with Gasteiger partial charge in [0.15, 0.2) is 17.5 Å². The number of aromatic amines is 1. The molecule has 0 aliphatic heterocycles. The highest BCUT2D eigenvalue weighted by Gasteiger charge is 2.19. The monoisotopic (exact) mass is 283 g/mol. The summed E-state index contributed by atoms with van der Waals surface area (Å²) in [6, 6.07) is 2.40. The van der Waals surface area contributed by atoms with E-state index in [1.54, 1.807) is 0 Å². The molecule has 0 aliphatic carbocycles. The molecular weight excluding hydrogens is 275 g/mol. The average molecular weight is 283 g/mol. The van der Waals surface area contributed by atoms with Crippen LogP contribution in [0.4, 0.5) is 19.0 Å². The summed E-state index contributed by atoms with van der Waals surface area (Å²) in [4.78, 5) is 29.0. The van der Waals surface area contributed by atoms with Crippen LogP contribution >= 0.6 is 0 Å². The lowest BCUT2D eigenvalue weighted by Crippen LogP contribution is -2.19. The van der Waals surface area contributed by atoms with E-state index in [2.05, 4.69) is 15.3 Å². The van der Waals surface area contributed by atoms with Crippen LogP contribution in [0.2, 0.25) is 0 Å². The molecular formula is C12H8F3N3O2. The van der Waals surface area contributed by atoms with Gasteiger partial charge in [0.25, 0.3) is 11.5 Å². The summed E-state index contributed by atoms with van der Waals surface area (Å²) in [6.07, 6.45) is 0. The third kappa shape index (κ3) is 2.68. The first-order valence-corrected chi connectivity index (χ1v) is 5.41. The van der Waals surface area contributed by atoms with Crippen molar-refractivity contribution in [1.29, 1.82) is 0 Å². The smallest absolute Gasteiger partial charge is 0.259 e. The van der Waals surface area contributed by atoms with Crippen molar-refractivity contribution in [1.82, 2.24) is 9.97 Å². The van der Waals surface area contributed by atoms with Crippen molar-refractivity contribution >= 4 is 11.7 Å². The Kier molecular flexibility index (Phi) is 3.55. The van der Waals surface area contributed by atoms with Crippen LogP contribution in [-0.2, 0) is 0 Å². The summed E-state index contributed by atoms with van der Waals surface area (Å²) < 4.78 is 39.2. The number of nitrogens with zero attached hydrogens (tertiary/aromatic N) is 1. The third-order valence-electron chi connectivity index (χ3n) is 2.38. The summed E-state index contributed by atoms with van der Waals surface area (Å²) >= 11 is 0. The molecule has 0 bridgehead atoms. The van der Waals surface area contributed by atoms with Crippen molar-refractivity contribution in [3.8, 4) is 0 Å². The number of aromatic nitrogens is 2. The lowest BCUT2D eigenvalue weighted by molar-refractivity contribution is 0.102. The Morgan fingerprint density at radius 2 is 1.95 bits per heavy atom. The SMILES string of the molecule is Cc1nc(NC(=O)c2ccc(F)c(F)c2F)cc(=O)[nH]1. The number of H-pyrrole nitrogens is 1. The van der Waals surface area contributed by atoms with Crippen molar-refractivity contribution in [3.63, 3.8) is 0 Å². The Morgan fingerprint density at radius 3 is 2.60 bits per heavy atom. The van der Waals surface area contributed by atoms with Crippen molar-refractivity contribution in [2.45, 2.75) is 6.92 Å². The Balaban J connectivity index is 2.33. The molecule has 1 heterocycles. The minimum Gasteiger partial charge on any atom is -0.311 e. The van der Waals surface area contributed by atoms with Gasteiger partial charge in [-0.15, -0.1) is 0 Å². The quantitative estimate of drug-likeness (QED) is 0.824. The molecule has 2 rings (SSSR count). The zero-order valence-electron chi connectivity index (χ0n) is 10.1. The second kappa shape index (κ2) is 5.16. The first-order chi connectivity index (χ1) is 9.38. The highest BCUT2D eigenvalue weighted by Crippen LogP contribution is 2.16. The van der Waals surface area contributed by atoms with E-state index in [-0.39, 0.29) is 11.6 Å². The van der Waals surface area contributed by atoms with Crippen LogP contribution in [0.3, 0.4) is 0 Å². The van der Waals surface area contributed by atoms with Gasteiger partial charge in [-0.2, -0.15) is 0 Å². The van der Waals surface area contributed by atoms with Crippen LogP contribution in [0.25, 0.3) is 0 Å². The molecule has 0 aliphatic rings. The van der Waals surface area contributed by atoms with Gasteiger partial charge in [-0.1, -0.05) is 0 Å². The summed E-state index contributed by atoms with van der Waals surface area (Å²) in [7, 11) is 0. The van der Waals surface area contributed by atoms with Crippen LogP contribution < -0.4 is 10.9 Å². The molecule has 0 saturated carbocycles. The minimum atomic E-state index is -1.74. The lowest BCUT2D eigenvalue weighted by atomic mass is 10.2. The maximum absolute atomic E-state index is 13.4. The van der Waals surface area contributed by atoms with E-state index in [0.29, 0.717) is 6.07 Å². The molecule has 8 heteroatoms. The maximum Gasteiger partial charge on any atom is 0.259 e. The van der Waals surface area contributed by atoms with Gasteiger partial charge >= 0.3 is 0 Å². The van der Waals surface area contributed by atoms with Crippen molar-refractivity contribution in [2.75, 3.05) is 5.32 Å². The zero-order chi connectivity index (χ0) is 14.9. The first-order valence-electron chi connectivity index (χ1n) is 5.41. The number of carbonyl (C=O) groups excluding carboxylic acids is 1. The highest BCUT2D eigenvalue weighted by atomic mass is 19.2. The van der Waals surface area contributed by atoms with Crippen LogP contribution in [-0.4, -0.2) is 15.9 Å².